The van der Waals surface area contributed by atoms with Crippen LogP contribution in [-0.4, -0.2) is 36.0 Å². The first kappa shape index (κ1) is 9.21. The first-order valence-corrected chi connectivity index (χ1v) is 5.93. The van der Waals surface area contributed by atoms with Gasteiger partial charge in [0.1, 0.15) is 0 Å². The molecular formula is C11H18N4. The molecule has 2 aliphatic rings. The fourth-order valence-corrected chi connectivity index (χ4v) is 2.34. The maximum atomic E-state index is 4.49. The molecule has 0 unspecified atom stereocenters. The van der Waals surface area contributed by atoms with Crippen LogP contribution in [0, 0.1) is 0 Å². The molecule has 1 aromatic heterocycles. The SMILES string of the molecule is c1nn(C2CCNCC2)cc1N1CCC1. The van der Waals surface area contributed by atoms with Crippen LogP contribution in [0.25, 0.3) is 0 Å². The average Bonchev–Trinajstić information content (AvgIpc) is 2.66. The average molecular weight is 206 g/mol. The Bertz CT molecular complexity index is 323. The molecule has 2 saturated heterocycles. The Hall–Kier alpha value is -1.03. The Morgan fingerprint density at radius 3 is 2.73 bits per heavy atom. The van der Waals surface area contributed by atoms with E-state index in [1.165, 1.54) is 38.0 Å². The summed E-state index contributed by atoms with van der Waals surface area (Å²) >= 11 is 0. The summed E-state index contributed by atoms with van der Waals surface area (Å²) in [4.78, 5) is 2.39. The van der Waals surface area contributed by atoms with Crippen LogP contribution in [0.5, 0.6) is 0 Å². The van der Waals surface area contributed by atoms with E-state index in [1.54, 1.807) is 0 Å². The number of nitrogens with one attached hydrogen (secondary N) is 1. The van der Waals surface area contributed by atoms with Crippen molar-refractivity contribution in [2.45, 2.75) is 25.3 Å². The Labute approximate surface area is 90.3 Å². The van der Waals surface area contributed by atoms with E-state index in [0.717, 1.165) is 13.1 Å². The molecule has 0 aliphatic carbocycles. The third kappa shape index (κ3) is 1.74. The fourth-order valence-electron chi connectivity index (χ4n) is 2.34. The summed E-state index contributed by atoms with van der Waals surface area (Å²) in [6.07, 6.45) is 7.98. The lowest BCUT2D eigenvalue weighted by Crippen LogP contribution is -2.36. The summed E-state index contributed by atoms with van der Waals surface area (Å²) in [7, 11) is 0. The molecule has 82 valence electrons. The number of piperidine rings is 1. The lowest BCUT2D eigenvalue weighted by atomic mass is 10.1. The molecule has 3 rings (SSSR count). The predicted octanol–water partition coefficient (Wildman–Crippen LogP) is 1.02. The van der Waals surface area contributed by atoms with Crippen molar-refractivity contribution in [2.75, 3.05) is 31.1 Å². The number of nitrogens with zero attached hydrogens (tertiary/aromatic N) is 3. The van der Waals surface area contributed by atoms with Crippen molar-refractivity contribution in [3.8, 4) is 0 Å². The largest absolute Gasteiger partial charge is 0.369 e. The maximum absolute atomic E-state index is 4.49. The van der Waals surface area contributed by atoms with E-state index in [4.69, 9.17) is 0 Å². The molecule has 0 atom stereocenters. The third-order valence-electron chi connectivity index (χ3n) is 3.49. The lowest BCUT2D eigenvalue weighted by Gasteiger charge is -2.31. The molecule has 0 spiro atoms. The molecule has 1 N–H and O–H groups in total. The van der Waals surface area contributed by atoms with Crippen LogP contribution < -0.4 is 10.2 Å². The number of hydrogen-bond acceptors (Lipinski definition) is 3. The van der Waals surface area contributed by atoms with Gasteiger partial charge in [-0.3, -0.25) is 4.68 Å². The molecule has 4 heteroatoms. The molecule has 3 heterocycles. The Balaban J connectivity index is 1.71. The monoisotopic (exact) mass is 206 g/mol. The van der Waals surface area contributed by atoms with Crippen LogP contribution in [0.2, 0.25) is 0 Å². The summed E-state index contributed by atoms with van der Waals surface area (Å²) in [6.45, 7) is 4.67. The minimum atomic E-state index is 0.612. The van der Waals surface area contributed by atoms with Gasteiger partial charge >= 0.3 is 0 Å². The third-order valence-corrected chi connectivity index (χ3v) is 3.49. The van der Waals surface area contributed by atoms with Crippen LogP contribution >= 0.6 is 0 Å². The van der Waals surface area contributed by atoms with E-state index in [9.17, 15) is 0 Å². The molecule has 1 aromatic rings. The van der Waals surface area contributed by atoms with Crippen LogP contribution in [0.4, 0.5) is 5.69 Å². The van der Waals surface area contributed by atoms with Gasteiger partial charge in [0.25, 0.3) is 0 Å². The summed E-state index contributed by atoms with van der Waals surface area (Å²) in [6, 6.07) is 0.612. The van der Waals surface area contributed by atoms with Crippen molar-refractivity contribution in [1.29, 1.82) is 0 Å². The normalized spacial score (nSPS) is 22.8. The van der Waals surface area contributed by atoms with Crippen molar-refractivity contribution in [1.82, 2.24) is 15.1 Å². The predicted molar refractivity (Wildman–Crippen MR) is 60.2 cm³/mol. The maximum Gasteiger partial charge on any atom is 0.0752 e. The van der Waals surface area contributed by atoms with Gasteiger partial charge in [-0.15, -0.1) is 0 Å². The molecule has 2 fully saturated rings. The number of aromatic nitrogens is 2. The van der Waals surface area contributed by atoms with Crippen molar-refractivity contribution >= 4 is 5.69 Å². The quantitative estimate of drug-likeness (QED) is 0.784. The standard InChI is InChI=1S/C11H18N4/c1-6-14(7-1)11-8-13-15(9-11)10-2-4-12-5-3-10/h8-10,12H,1-7H2. The van der Waals surface area contributed by atoms with Gasteiger partial charge in [0, 0.05) is 19.3 Å². The molecule has 0 bridgehead atoms. The molecule has 0 saturated carbocycles. The van der Waals surface area contributed by atoms with Crippen LogP contribution in [0.3, 0.4) is 0 Å². The van der Waals surface area contributed by atoms with E-state index in [2.05, 4.69) is 26.2 Å². The van der Waals surface area contributed by atoms with E-state index < -0.39 is 0 Å². The van der Waals surface area contributed by atoms with Crippen molar-refractivity contribution in [2.24, 2.45) is 0 Å². The van der Waals surface area contributed by atoms with E-state index >= 15 is 0 Å². The van der Waals surface area contributed by atoms with Crippen molar-refractivity contribution in [3.05, 3.63) is 12.4 Å². The lowest BCUT2D eigenvalue weighted by molar-refractivity contribution is 0.343. The van der Waals surface area contributed by atoms with Gasteiger partial charge in [-0.05, 0) is 32.4 Å². The Morgan fingerprint density at radius 1 is 1.27 bits per heavy atom. The zero-order valence-corrected chi connectivity index (χ0v) is 9.02. The van der Waals surface area contributed by atoms with Gasteiger partial charge < -0.3 is 10.2 Å². The van der Waals surface area contributed by atoms with Crippen molar-refractivity contribution in [3.63, 3.8) is 0 Å². The summed E-state index contributed by atoms with van der Waals surface area (Å²) in [5.41, 5.74) is 1.31. The van der Waals surface area contributed by atoms with Crippen LogP contribution in [0.1, 0.15) is 25.3 Å². The number of anilines is 1. The second-order valence-corrected chi connectivity index (χ2v) is 4.50. The van der Waals surface area contributed by atoms with Crippen molar-refractivity contribution < 1.29 is 0 Å². The highest BCUT2D eigenvalue weighted by atomic mass is 15.3. The zero-order chi connectivity index (χ0) is 10.1. The second kappa shape index (κ2) is 3.85. The number of rotatable bonds is 2. The fraction of sp³-hybridized carbons (Fsp3) is 0.727. The molecule has 4 nitrogen and oxygen atoms in total. The first-order chi connectivity index (χ1) is 7.43. The van der Waals surface area contributed by atoms with Gasteiger partial charge in [-0.1, -0.05) is 0 Å². The second-order valence-electron chi connectivity index (χ2n) is 4.50. The van der Waals surface area contributed by atoms with Gasteiger partial charge in [0.05, 0.1) is 17.9 Å². The zero-order valence-electron chi connectivity index (χ0n) is 9.02. The molecule has 2 aliphatic heterocycles. The van der Waals surface area contributed by atoms with Crippen LogP contribution in [-0.2, 0) is 0 Å². The highest BCUT2D eigenvalue weighted by molar-refractivity contribution is 5.44. The van der Waals surface area contributed by atoms with E-state index in [0.29, 0.717) is 6.04 Å². The van der Waals surface area contributed by atoms with Gasteiger partial charge in [0.15, 0.2) is 0 Å². The molecular weight excluding hydrogens is 188 g/mol. The minimum absolute atomic E-state index is 0.612. The summed E-state index contributed by atoms with van der Waals surface area (Å²) in [5.74, 6) is 0. The molecule has 15 heavy (non-hydrogen) atoms. The number of hydrogen-bond donors (Lipinski definition) is 1. The Kier molecular flexibility index (Phi) is 2.37. The minimum Gasteiger partial charge on any atom is -0.369 e. The van der Waals surface area contributed by atoms with Gasteiger partial charge in [-0.2, -0.15) is 5.10 Å². The highest BCUT2D eigenvalue weighted by Gasteiger charge is 2.19. The Morgan fingerprint density at radius 2 is 2.07 bits per heavy atom. The van der Waals surface area contributed by atoms with E-state index in [1.807, 2.05) is 6.20 Å². The van der Waals surface area contributed by atoms with Crippen LogP contribution in [0.15, 0.2) is 12.4 Å². The molecule has 0 radical (unpaired) electrons. The first-order valence-electron chi connectivity index (χ1n) is 5.93. The topological polar surface area (TPSA) is 33.1 Å². The molecule has 0 amide bonds. The highest BCUT2D eigenvalue weighted by Crippen LogP contribution is 2.23. The summed E-state index contributed by atoms with van der Waals surface area (Å²) < 4.78 is 2.16. The van der Waals surface area contributed by atoms with Gasteiger partial charge in [0.2, 0.25) is 0 Å². The smallest absolute Gasteiger partial charge is 0.0752 e. The van der Waals surface area contributed by atoms with Gasteiger partial charge in [-0.25, -0.2) is 0 Å². The van der Waals surface area contributed by atoms with E-state index in [-0.39, 0.29) is 0 Å². The summed E-state index contributed by atoms with van der Waals surface area (Å²) in [5, 5.41) is 7.87. The molecule has 0 aromatic carbocycles.